The smallest absolute Gasteiger partial charge is 0.310 e. The molecule has 0 aromatic heterocycles. The van der Waals surface area contributed by atoms with Crippen molar-refractivity contribution in [3.63, 3.8) is 0 Å². The first-order valence-electron chi connectivity index (χ1n) is 10.3. The Morgan fingerprint density at radius 3 is 1.69 bits per heavy atom. The molecule has 32 heavy (non-hydrogen) atoms. The summed E-state index contributed by atoms with van der Waals surface area (Å²) in [5, 5.41) is 42.2. The van der Waals surface area contributed by atoms with Gasteiger partial charge < -0.3 is 24.6 Å². The highest BCUT2D eigenvalue weighted by molar-refractivity contribution is 5.51. The summed E-state index contributed by atoms with van der Waals surface area (Å²) in [5.74, 6) is -1.25. The second-order valence-corrected chi connectivity index (χ2v) is 8.69. The second-order valence-electron chi connectivity index (χ2n) is 8.69. The molecule has 2 unspecified atom stereocenters. The van der Waals surface area contributed by atoms with E-state index in [2.05, 4.69) is 4.90 Å². The third kappa shape index (κ3) is 3.25. The van der Waals surface area contributed by atoms with Crippen LogP contribution in [0.5, 0.6) is 23.0 Å². The molecule has 11 nitrogen and oxygen atoms in total. The average Bonchev–Trinajstić information content (AvgIpc) is 2.71. The molecule has 1 saturated carbocycles. The van der Waals surface area contributed by atoms with Crippen LogP contribution in [0.1, 0.15) is 12.8 Å². The molecule has 2 aromatic carbocycles. The number of piperidine rings is 3. The van der Waals surface area contributed by atoms with Gasteiger partial charge in [-0.1, -0.05) is 0 Å². The zero-order valence-corrected chi connectivity index (χ0v) is 16.9. The van der Waals surface area contributed by atoms with Crippen molar-refractivity contribution in [1.82, 2.24) is 4.90 Å². The number of aromatic hydroxyl groups is 2. The van der Waals surface area contributed by atoms with Gasteiger partial charge in [-0.15, -0.1) is 0 Å². The quantitative estimate of drug-likeness (QED) is 0.390. The molecule has 168 valence electrons. The van der Waals surface area contributed by atoms with Crippen LogP contribution < -0.4 is 9.47 Å². The minimum atomic E-state index is -1.14. The fourth-order valence-electron chi connectivity index (χ4n) is 5.49. The van der Waals surface area contributed by atoms with Gasteiger partial charge in [0.15, 0.2) is 11.5 Å². The molecule has 3 aliphatic heterocycles. The Balaban J connectivity index is 1.52. The lowest BCUT2D eigenvalue weighted by atomic mass is 9.64. The van der Waals surface area contributed by atoms with Crippen molar-refractivity contribution >= 4 is 11.4 Å². The Kier molecular flexibility index (Phi) is 4.59. The van der Waals surface area contributed by atoms with Crippen LogP contribution in [0.2, 0.25) is 0 Å². The summed E-state index contributed by atoms with van der Waals surface area (Å²) in [6.07, 6.45) is 1.73. The lowest BCUT2D eigenvalue weighted by molar-refractivity contribution is -0.386. The lowest BCUT2D eigenvalue weighted by Gasteiger charge is -2.60. The summed E-state index contributed by atoms with van der Waals surface area (Å²) in [6.45, 7) is 2.51. The fourth-order valence-corrected chi connectivity index (χ4v) is 5.49. The summed E-state index contributed by atoms with van der Waals surface area (Å²) in [6, 6.07) is 7.58. The highest BCUT2D eigenvalue weighted by atomic mass is 16.7. The zero-order chi connectivity index (χ0) is 22.6. The van der Waals surface area contributed by atoms with E-state index in [0.717, 1.165) is 32.5 Å². The number of nitrogens with zero attached hydrogens (tertiary/aromatic N) is 3. The van der Waals surface area contributed by atoms with Crippen LogP contribution in [0, 0.1) is 38.0 Å². The first-order chi connectivity index (χ1) is 15.2. The number of nitro groups is 2. The lowest BCUT2D eigenvalue weighted by Crippen LogP contribution is -2.71. The maximum atomic E-state index is 11.0. The molecular weight excluding hydrogens is 422 g/mol. The van der Waals surface area contributed by atoms with Crippen molar-refractivity contribution in [2.45, 2.75) is 18.6 Å². The van der Waals surface area contributed by atoms with E-state index in [0.29, 0.717) is 5.92 Å². The second kappa shape index (κ2) is 7.23. The van der Waals surface area contributed by atoms with E-state index in [4.69, 9.17) is 9.47 Å². The van der Waals surface area contributed by atoms with E-state index < -0.39 is 38.5 Å². The van der Waals surface area contributed by atoms with Gasteiger partial charge in [-0.3, -0.25) is 20.2 Å². The van der Waals surface area contributed by atoms with Crippen molar-refractivity contribution in [3.8, 4) is 23.0 Å². The van der Waals surface area contributed by atoms with Gasteiger partial charge >= 0.3 is 11.4 Å². The van der Waals surface area contributed by atoms with Gasteiger partial charge in [-0.2, -0.15) is 0 Å². The van der Waals surface area contributed by atoms with Gasteiger partial charge in [0, 0.05) is 55.7 Å². The summed E-state index contributed by atoms with van der Waals surface area (Å²) in [7, 11) is 0. The molecule has 4 fully saturated rings. The van der Waals surface area contributed by atoms with Crippen LogP contribution in [0.3, 0.4) is 0 Å². The molecule has 0 amide bonds. The molecule has 2 atom stereocenters. The molecule has 4 aliphatic rings. The summed E-state index contributed by atoms with van der Waals surface area (Å²) < 4.78 is 12.7. The van der Waals surface area contributed by atoms with Crippen LogP contribution in [0.4, 0.5) is 11.4 Å². The van der Waals surface area contributed by atoms with Gasteiger partial charge in [0.05, 0.1) is 9.85 Å². The SMILES string of the molecule is O=[N+]([O-])c1ccc(OC2(Oc3ccc([N+](=O)[O-])c(O)c3)C3CC4CC2CN(C4)C3)cc1O. The maximum absolute atomic E-state index is 11.0. The molecule has 0 spiro atoms. The number of hydrogen-bond acceptors (Lipinski definition) is 9. The van der Waals surface area contributed by atoms with Gasteiger partial charge in [-0.05, 0) is 30.9 Å². The molecule has 2 aromatic rings. The molecular formula is C21H21N3O8. The Morgan fingerprint density at radius 2 is 1.31 bits per heavy atom. The number of rotatable bonds is 6. The molecule has 2 N–H and O–H groups in total. The van der Waals surface area contributed by atoms with Crippen molar-refractivity contribution in [1.29, 1.82) is 0 Å². The average molecular weight is 443 g/mol. The molecule has 3 saturated heterocycles. The minimum absolute atomic E-state index is 0.0246. The molecule has 11 heteroatoms. The number of benzene rings is 2. The molecule has 6 rings (SSSR count). The van der Waals surface area contributed by atoms with Crippen LogP contribution in [-0.4, -0.2) is 50.4 Å². The van der Waals surface area contributed by atoms with E-state index in [1.54, 1.807) is 0 Å². The van der Waals surface area contributed by atoms with E-state index >= 15 is 0 Å². The Bertz CT molecular complexity index is 1010. The van der Waals surface area contributed by atoms with Gasteiger partial charge in [0.25, 0.3) is 5.79 Å². The van der Waals surface area contributed by atoms with Crippen LogP contribution >= 0.6 is 0 Å². The highest BCUT2D eigenvalue weighted by Crippen LogP contribution is 2.52. The topological polar surface area (TPSA) is 148 Å². The molecule has 3 heterocycles. The number of phenolic OH excluding ortho intramolecular Hbond substituents is 2. The summed E-state index contributed by atoms with van der Waals surface area (Å²) >= 11 is 0. The van der Waals surface area contributed by atoms with Crippen molar-refractivity contribution in [3.05, 3.63) is 56.6 Å². The Morgan fingerprint density at radius 1 is 0.844 bits per heavy atom. The third-order valence-corrected chi connectivity index (χ3v) is 6.69. The summed E-state index contributed by atoms with van der Waals surface area (Å²) in [4.78, 5) is 23.1. The van der Waals surface area contributed by atoms with Crippen molar-refractivity contribution in [2.75, 3.05) is 19.6 Å². The maximum Gasteiger partial charge on any atom is 0.310 e. The third-order valence-electron chi connectivity index (χ3n) is 6.69. The van der Waals surface area contributed by atoms with E-state index in [9.17, 15) is 30.4 Å². The van der Waals surface area contributed by atoms with Gasteiger partial charge in [0.2, 0.25) is 0 Å². The first-order valence-corrected chi connectivity index (χ1v) is 10.3. The normalized spacial score (nSPS) is 27.1. The monoisotopic (exact) mass is 443 g/mol. The van der Waals surface area contributed by atoms with E-state index in [-0.39, 0.29) is 23.3 Å². The van der Waals surface area contributed by atoms with E-state index in [1.807, 2.05) is 0 Å². The molecule has 1 aliphatic carbocycles. The largest absolute Gasteiger partial charge is 0.502 e. The highest BCUT2D eigenvalue weighted by Gasteiger charge is 2.61. The number of nitro benzene ring substituents is 2. The van der Waals surface area contributed by atoms with Crippen LogP contribution in [0.25, 0.3) is 0 Å². The fraction of sp³-hybridized carbons (Fsp3) is 0.429. The predicted molar refractivity (Wildman–Crippen MR) is 110 cm³/mol. The zero-order valence-electron chi connectivity index (χ0n) is 16.9. The van der Waals surface area contributed by atoms with Crippen molar-refractivity contribution < 1.29 is 29.5 Å². The number of phenols is 2. The van der Waals surface area contributed by atoms with Gasteiger partial charge in [0.1, 0.15) is 11.5 Å². The standard InChI is InChI=1S/C21H21N3O8/c25-19-7-15(1-3-17(19)23(27)28)31-21(13-5-12-6-14(21)11-22(9-12)10-13)32-16-2-4-18(24(29)30)20(26)8-16/h1-4,7-8,12-14,25-26H,5-6,9-11H2. The van der Waals surface area contributed by atoms with Gasteiger partial charge in [-0.25, -0.2) is 0 Å². The first kappa shape index (κ1) is 20.3. The predicted octanol–water partition coefficient (Wildman–Crippen LogP) is 3.04. The Labute approximate surface area is 182 Å². The van der Waals surface area contributed by atoms with Crippen LogP contribution in [0.15, 0.2) is 36.4 Å². The van der Waals surface area contributed by atoms with Crippen LogP contribution in [-0.2, 0) is 0 Å². The minimum Gasteiger partial charge on any atom is -0.502 e. The summed E-state index contributed by atoms with van der Waals surface area (Å²) in [5.41, 5.74) is -0.854. The Hall–Kier alpha value is -3.60. The molecule has 4 bridgehead atoms. The molecule has 0 radical (unpaired) electrons. The number of hydrogen-bond donors (Lipinski definition) is 2. The number of ether oxygens (including phenoxy) is 2. The van der Waals surface area contributed by atoms with Crippen molar-refractivity contribution in [2.24, 2.45) is 17.8 Å². The van der Waals surface area contributed by atoms with E-state index in [1.165, 1.54) is 36.4 Å².